The molecular formula is C20H21ClN4O2S. The van der Waals surface area contributed by atoms with Crippen LogP contribution in [0.5, 0.6) is 0 Å². The summed E-state index contributed by atoms with van der Waals surface area (Å²) in [6.07, 6.45) is 5.03. The first-order valence-corrected chi connectivity index (χ1v) is 10.7. The van der Waals surface area contributed by atoms with Gasteiger partial charge in [0.2, 0.25) is 5.91 Å². The van der Waals surface area contributed by atoms with Gasteiger partial charge < -0.3 is 9.32 Å². The van der Waals surface area contributed by atoms with E-state index in [1.807, 2.05) is 45.9 Å². The van der Waals surface area contributed by atoms with Gasteiger partial charge in [-0.25, -0.2) is 0 Å². The van der Waals surface area contributed by atoms with E-state index in [4.69, 9.17) is 16.0 Å². The molecule has 1 aliphatic heterocycles. The van der Waals surface area contributed by atoms with Crippen LogP contribution < -0.4 is 0 Å². The molecule has 3 heterocycles. The Hall–Kier alpha value is -2.25. The Labute approximate surface area is 172 Å². The van der Waals surface area contributed by atoms with Crippen molar-refractivity contribution >= 4 is 29.3 Å². The van der Waals surface area contributed by atoms with Gasteiger partial charge in [-0.2, -0.15) is 0 Å². The second-order valence-corrected chi connectivity index (χ2v) is 8.09. The molecule has 0 N–H and O–H groups in total. The third-order valence-electron chi connectivity index (χ3n) is 4.75. The number of piperidine rings is 1. The molecule has 1 aliphatic rings. The predicted octanol–water partition coefficient (Wildman–Crippen LogP) is 4.34. The van der Waals surface area contributed by atoms with E-state index in [0.717, 1.165) is 43.1 Å². The van der Waals surface area contributed by atoms with Crippen LogP contribution >= 0.6 is 23.4 Å². The van der Waals surface area contributed by atoms with E-state index in [-0.39, 0.29) is 5.91 Å². The highest BCUT2D eigenvalue weighted by atomic mass is 35.5. The summed E-state index contributed by atoms with van der Waals surface area (Å²) in [5, 5.41) is 10.1. The fraction of sp³-hybridized carbons (Fsp3) is 0.350. The van der Waals surface area contributed by atoms with Crippen LogP contribution in [-0.2, 0) is 11.3 Å². The van der Waals surface area contributed by atoms with E-state index in [1.165, 1.54) is 18.2 Å². The molecule has 0 radical (unpaired) electrons. The molecule has 3 aromatic rings. The molecule has 0 unspecified atom stereocenters. The van der Waals surface area contributed by atoms with E-state index in [9.17, 15) is 4.79 Å². The molecule has 0 bridgehead atoms. The van der Waals surface area contributed by atoms with Crippen molar-refractivity contribution in [1.82, 2.24) is 19.7 Å². The molecule has 0 atom stereocenters. The number of likely N-dealkylation sites (tertiary alicyclic amines) is 1. The van der Waals surface area contributed by atoms with Gasteiger partial charge >= 0.3 is 0 Å². The van der Waals surface area contributed by atoms with E-state index in [2.05, 4.69) is 10.2 Å². The van der Waals surface area contributed by atoms with E-state index >= 15 is 0 Å². The standard InChI is InChI=1S/C20H21ClN4O2S/c21-16-8-6-15(7-9-16)19-22-23-20(25(19)13-17-5-4-12-27-17)28-14-18(26)24-10-2-1-3-11-24/h4-9,12H,1-3,10-11,13-14H2. The second kappa shape index (κ2) is 8.84. The maximum Gasteiger partial charge on any atom is 0.233 e. The van der Waals surface area contributed by atoms with E-state index < -0.39 is 0 Å². The lowest BCUT2D eigenvalue weighted by Crippen LogP contribution is -2.36. The molecule has 1 amide bonds. The van der Waals surface area contributed by atoms with Gasteiger partial charge in [-0.05, 0) is 55.7 Å². The van der Waals surface area contributed by atoms with Crippen molar-refractivity contribution in [3.05, 3.63) is 53.4 Å². The van der Waals surface area contributed by atoms with Crippen molar-refractivity contribution in [3.8, 4) is 11.4 Å². The third-order valence-corrected chi connectivity index (χ3v) is 5.95. The summed E-state index contributed by atoms with van der Waals surface area (Å²) in [4.78, 5) is 14.5. The summed E-state index contributed by atoms with van der Waals surface area (Å²) < 4.78 is 7.49. The molecule has 1 saturated heterocycles. The number of halogens is 1. The molecule has 2 aromatic heterocycles. The highest BCUT2D eigenvalue weighted by Crippen LogP contribution is 2.27. The molecule has 28 heavy (non-hydrogen) atoms. The van der Waals surface area contributed by atoms with Crippen molar-refractivity contribution in [2.45, 2.75) is 31.0 Å². The largest absolute Gasteiger partial charge is 0.467 e. The van der Waals surface area contributed by atoms with Gasteiger partial charge in [-0.15, -0.1) is 10.2 Å². The lowest BCUT2D eigenvalue weighted by molar-refractivity contribution is -0.129. The zero-order valence-electron chi connectivity index (χ0n) is 15.4. The molecule has 1 fully saturated rings. The SMILES string of the molecule is O=C(CSc1nnc(-c2ccc(Cl)cc2)n1Cc1ccco1)N1CCCCC1. The molecule has 8 heteroatoms. The monoisotopic (exact) mass is 416 g/mol. The van der Waals surface area contributed by atoms with Gasteiger partial charge in [0.15, 0.2) is 11.0 Å². The molecule has 1 aromatic carbocycles. The number of benzene rings is 1. The van der Waals surface area contributed by atoms with Crippen LogP contribution in [0.4, 0.5) is 0 Å². The minimum Gasteiger partial charge on any atom is -0.467 e. The van der Waals surface area contributed by atoms with Gasteiger partial charge in [0, 0.05) is 23.7 Å². The van der Waals surface area contributed by atoms with Crippen LogP contribution in [0.25, 0.3) is 11.4 Å². The molecule has 0 aliphatic carbocycles. The first kappa shape index (κ1) is 19.1. The minimum atomic E-state index is 0.158. The summed E-state index contributed by atoms with van der Waals surface area (Å²) in [6, 6.07) is 11.3. The number of thioether (sulfide) groups is 1. The maximum absolute atomic E-state index is 12.5. The average molecular weight is 417 g/mol. The Morgan fingerprint density at radius 2 is 1.89 bits per heavy atom. The highest BCUT2D eigenvalue weighted by Gasteiger charge is 2.20. The zero-order chi connectivity index (χ0) is 19.3. The van der Waals surface area contributed by atoms with Gasteiger partial charge in [-0.1, -0.05) is 23.4 Å². The Morgan fingerprint density at radius 1 is 1.11 bits per heavy atom. The van der Waals surface area contributed by atoms with Gasteiger partial charge in [0.05, 0.1) is 18.6 Å². The zero-order valence-corrected chi connectivity index (χ0v) is 17.0. The lowest BCUT2D eigenvalue weighted by Gasteiger charge is -2.26. The Morgan fingerprint density at radius 3 is 2.61 bits per heavy atom. The normalized spacial score (nSPS) is 14.4. The number of amides is 1. The number of hydrogen-bond acceptors (Lipinski definition) is 5. The average Bonchev–Trinajstić information content (AvgIpc) is 3.38. The van der Waals surface area contributed by atoms with Crippen LogP contribution in [-0.4, -0.2) is 44.4 Å². The predicted molar refractivity (Wildman–Crippen MR) is 109 cm³/mol. The van der Waals surface area contributed by atoms with Crippen molar-refractivity contribution < 1.29 is 9.21 Å². The van der Waals surface area contributed by atoms with Crippen molar-refractivity contribution in [3.63, 3.8) is 0 Å². The number of furan rings is 1. The summed E-state index contributed by atoms with van der Waals surface area (Å²) in [7, 11) is 0. The van der Waals surface area contributed by atoms with Crippen LogP contribution in [0.1, 0.15) is 25.0 Å². The fourth-order valence-electron chi connectivity index (χ4n) is 3.27. The Kier molecular flexibility index (Phi) is 6.02. The van der Waals surface area contributed by atoms with E-state index in [0.29, 0.717) is 22.5 Å². The van der Waals surface area contributed by atoms with Crippen molar-refractivity contribution in [2.24, 2.45) is 0 Å². The number of carbonyl (C=O) groups excluding carboxylic acids is 1. The topological polar surface area (TPSA) is 64.2 Å². The van der Waals surface area contributed by atoms with Gasteiger partial charge in [0.1, 0.15) is 5.76 Å². The molecular weight excluding hydrogens is 396 g/mol. The number of carbonyl (C=O) groups is 1. The number of nitrogens with zero attached hydrogens (tertiary/aromatic N) is 4. The summed E-state index contributed by atoms with van der Waals surface area (Å²) in [6.45, 7) is 2.21. The quantitative estimate of drug-likeness (QED) is 0.559. The van der Waals surface area contributed by atoms with Gasteiger partial charge in [-0.3, -0.25) is 9.36 Å². The lowest BCUT2D eigenvalue weighted by atomic mass is 10.1. The maximum atomic E-state index is 12.5. The van der Waals surface area contributed by atoms with Crippen LogP contribution in [0.3, 0.4) is 0 Å². The van der Waals surface area contributed by atoms with Crippen LogP contribution in [0.15, 0.2) is 52.2 Å². The Balaban J connectivity index is 1.55. The minimum absolute atomic E-state index is 0.158. The highest BCUT2D eigenvalue weighted by molar-refractivity contribution is 7.99. The summed E-state index contributed by atoms with van der Waals surface area (Å²) in [5.74, 6) is 2.04. The Bertz CT molecular complexity index is 918. The van der Waals surface area contributed by atoms with E-state index in [1.54, 1.807) is 6.26 Å². The fourth-order valence-corrected chi connectivity index (χ4v) is 4.24. The molecule has 4 rings (SSSR count). The number of hydrogen-bond donors (Lipinski definition) is 0. The van der Waals surface area contributed by atoms with Crippen molar-refractivity contribution in [1.29, 1.82) is 0 Å². The molecule has 0 spiro atoms. The van der Waals surface area contributed by atoms with Crippen molar-refractivity contribution in [2.75, 3.05) is 18.8 Å². The first-order chi connectivity index (χ1) is 13.7. The molecule has 6 nitrogen and oxygen atoms in total. The first-order valence-electron chi connectivity index (χ1n) is 9.33. The van der Waals surface area contributed by atoms with Gasteiger partial charge in [0.25, 0.3) is 0 Å². The second-order valence-electron chi connectivity index (χ2n) is 6.71. The number of rotatable bonds is 6. The molecule has 0 saturated carbocycles. The summed E-state index contributed by atoms with van der Waals surface area (Å²) in [5.41, 5.74) is 0.915. The smallest absolute Gasteiger partial charge is 0.233 e. The van der Waals surface area contributed by atoms with Crippen LogP contribution in [0, 0.1) is 0 Å². The molecule has 146 valence electrons. The summed E-state index contributed by atoms with van der Waals surface area (Å²) >= 11 is 7.43. The third kappa shape index (κ3) is 4.42. The van der Waals surface area contributed by atoms with Crippen LogP contribution in [0.2, 0.25) is 5.02 Å². The number of aromatic nitrogens is 3.